The predicted octanol–water partition coefficient (Wildman–Crippen LogP) is 3.97. The van der Waals surface area contributed by atoms with Gasteiger partial charge in [0.15, 0.2) is 0 Å². The van der Waals surface area contributed by atoms with Crippen LogP contribution in [-0.4, -0.2) is 16.5 Å². The minimum absolute atomic E-state index is 0.0400. The Morgan fingerprint density at radius 1 is 1.29 bits per heavy atom. The van der Waals surface area contributed by atoms with Crippen LogP contribution in [0.15, 0.2) is 35.1 Å². The Balaban J connectivity index is 2.23. The van der Waals surface area contributed by atoms with Crippen LogP contribution in [0.25, 0.3) is 0 Å². The fraction of sp³-hybridized carbons (Fsp3) is 0.375. The molecule has 21 heavy (non-hydrogen) atoms. The summed E-state index contributed by atoms with van der Waals surface area (Å²) in [4.78, 5) is 8.70. The van der Waals surface area contributed by atoms with Gasteiger partial charge in [0.2, 0.25) is 0 Å². The first-order chi connectivity index (χ1) is 10.1. The van der Waals surface area contributed by atoms with Crippen LogP contribution in [0.2, 0.25) is 0 Å². The van der Waals surface area contributed by atoms with Crippen LogP contribution in [0.3, 0.4) is 0 Å². The van der Waals surface area contributed by atoms with Gasteiger partial charge in [-0.2, -0.15) is 0 Å². The Hall–Kier alpha value is -1.33. The minimum atomic E-state index is -0.193. The van der Waals surface area contributed by atoms with E-state index in [1.54, 1.807) is 18.5 Å². The molecule has 0 saturated carbocycles. The normalized spacial score (nSPS) is 12.4. The Labute approximate surface area is 133 Å². The maximum Gasteiger partial charge on any atom is 0.126 e. The summed E-state index contributed by atoms with van der Waals surface area (Å²) in [5.41, 5.74) is 2.38. The van der Waals surface area contributed by atoms with E-state index in [2.05, 4.69) is 38.1 Å². The lowest BCUT2D eigenvalue weighted by molar-refractivity contribution is 0.501. The molecule has 1 atom stereocenters. The van der Waals surface area contributed by atoms with E-state index in [1.807, 2.05) is 13.0 Å². The average Bonchev–Trinajstić information content (AvgIpc) is 2.48. The van der Waals surface area contributed by atoms with E-state index in [0.29, 0.717) is 12.0 Å². The number of aryl methyl sites for hydroxylation is 1. The van der Waals surface area contributed by atoms with Gasteiger partial charge in [0.05, 0.1) is 23.6 Å². The molecule has 1 unspecified atom stereocenters. The highest BCUT2D eigenvalue weighted by Crippen LogP contribution is 2.22. The lowest BCUT2D eigenvalue weighted by atomic mass is 10.0. The highest BCUT2D eigenvalue weighted by atomic mass is 79.9. The molecule has 1 heterocycles. The van der Waals surface area contributed by atoms with E-state index in [1.165, 1.54) is 6.07 Å². The first kappa shape index (κ1) is 16.0. The summed E-state index contributed by atoms with van der Waals surface area (Å²) in [5, 5.41) is 3.42. The highest BCUT2D eigenvalue weighted by molar-refractivity contribution is 9.10. The molecule has 2 rings (SSSR count). The van der Waals surface area contributed by atoms with E-state index < -0.39 is 0 Å². The Morgan fingerprint density at radius 3 is 2.76 bits per heavy atom. The number of benzene rings is 1. The van der Waals surface area contributed by atoms with Gasteiger partial charge in [-0.1, -0.05) is 22.9 Å². The van der Waals surface area contributed by atoms with Gasteiger partial charge in [-0.25, -0.2) is 4.39 Å². The third-order valence-corrected chi connectivity index (χ3v) is 3.72. The molecule has 0 bridgehead atoms. The zero-order valence-electron chi connectivity index (χ0n) is 12.2. The van der Waals surface area contributed by atoms with Crippen LogP contribution >= 0.6 is 15.9 Å². The van der Waals surface area contributed by atoms with E-state index in [9.17, 15) is 4.39 Å². The molecular weight excluding hydrogens is 333 g/mol. The van der Waals surface area contributed by atoms with Gasteiger partial charge >= 0.3 is 0 Å². The molecule has 0 aliphatic carbocycles. The van der Waals surface area contributed by atoms with Crippen LogP contribution < -0.4 is 5.32 Å². The molecule has 2 aromatic rings. The van der Waals surface area contributed by atoms with Crippen LogP contribution in [0, 0.1) is 12.7 Å². The standard InChI is InChI=1S/C16H19BrFN3/c1-3-6-19-15(16-10-20-11(2)9-21-16)8-12-7-13(17)4-5-14(12)18/h4-5,7,9-10,15,19H,3,6,8H2,1-2H3. The van der Waals surface area contributed by atoms with Gasteiger partial charge in [0.1, 0.15) is 5.82 Å². The van der Waals surface area contributed by atoms with Crippen molar-refractivity contribution in [2.75, 3.05) is 6.54 Å². The molecule has 112 valence electrons. The number of rotatable bonds is 6. The van der Waals surface area contributed by atoms with Crippen LogP contribution in [-0.2, 0) is 6.42 Å². The summed E-state index contributed by atoms with van der Waals surface area (Å²) in [5.74, 6) is -0.193. The molecule has 0 radical (unpaired) electrons. The van der Waals surface area contributed by atoms with Crippen molar-refractivity contribution in [3.8, 4) is 0 Å². The monoisotopic (exact) mass is 351 g/mol. The maximum atomic E-state index is 13.9. The second-order valence-corrected chi connectivity index (χ2v) is 5.94. The molecular formula is C16H19BrFN3. The zero-order valence-corrected chi connectivity index (χ0v) is 13.8. The van der Waals surface area contributed by atoms with E-state index in [4.69, 9.17) is 0 Å². The summed E-state index contributed by atoms with van der Waals surface area (Å²) in [6, 6.07) is 4.97. The third-order valence-electron chi connectivity index (χ3n) is 3.23. The van der Waals surface area contributed by atoms with E-state index >= 15 is 0 Å². The molecule has 0 aliphatic rings. The Morgan fingerprint density at radius 2 is 2.10 bits per heavy atom. The molecule has 3 nitrogen and oxygen atoms in total. The SMILES string of the molecule is CCCNC(Cc1cc(Br)ccc1F)c1cnc(C)cn1. The lowest BCUT2D eigenvalue weighted by Gasteiger charge is -2.18. The van der Waals surface area contributed by atoms with Crippen molar-refractivity contribution in [2.24, 2.45) is 0 Å². The molecule has 0 fully saturated rings. The minimum Gasteiger partial charge on any atom is -0.308 e. The summed E-state index contributed by atoms with van der Waals surface area (Å²) < 4.78 is 14.8. The average molecular weight is 352 g/mol. The largest absolute Gasteiger partial charge is 0.308 e. The topological polar surface area (TPSA) is 37.8 Å². The van der Waals surface area contributed by atoms with E-state index in [0.717, 1.165) is 28.8 Å². The predicted molar refractivity (Wildman–Crippen MR) is 85.6 cm³/mol. The second kappa shape index (κ2) is 7.61. The second-order valence-electron chi connectivity index (χ2n) is 5.03. The number of aromatic nitrogens is 2. The van der Waals surface area contributed by atoms with Gasteiger partial charge in [-0.3, -0.25) is 9.97 Å². The summed E-state index contributed by atoms with van der Waals surface area (Å²) in [7, 11) is 0. The zero-order chi connectivity index (χ0) is 15.2. The van der Waals surface area contributed by atoms with Crippen molar-refractivity contribution >= 4 is 15.9 Å². The van der Waals surface area contributed by atoms with Crippen molar-refractivity contribution in [3.05, 3.63) is 57.8 Å². The van der Waals surface area contributed by atoms with Crippen molar-refractivity contribution < 1.29 is 4.39 Å². The molecule has 1 aromatic heterocycles. The summed E-state index contributed by atoms with van der Waals surface area (Å²) in [6.45, 7) is 4.86. The van der Waals surface area contributed by atoms with Gasteiger partial charge < -0.3 is 5.32 Å². The molecule has 0 aliphatic heterocycles. The first-order valence-electron chi connectivity index (χ1n) is 7.06. The van der Waals surface area contributed by atoms with Crippen LogP contribution in [0.1, 0.15) is 36.3 Å². The molecule has 5 heteroatoms. The molecule has 1 aromatic carbocycles. The van der Waals surface area contributed by atoms with Gasteiger partial charge in [0.25, 0.3) is 0 Å². The molecule has 0 saturated heterocycles. The Kier molecular flexibility index (Phi) is 5.82. The van der Waals surface area contributed by atoms with Crippen LogP contribution in [0.4, 0.5) is 4.39 Å². The smallest absolute Gasteiger partial charge is 0.126 e. The maximum absolute atomic E-state index is 13.9. The number of halogens is 2. The van der Waals surface area contributed by atoms with Crippen molar-refractivity contribution in [1.29, 1.82) is 0 Å². The highest BCUT2D eigenvalue weighted by Gasteiger charge is 2.16. The number of hydrogen-bond acceptors (Lipinski definition) is 3. The summed E-state index contributed by atoms with van der Waals surface area (Å²) >= 11 is 3.39. The Bertz CT molecular complexity index is 587. The fourth-order valence-corrected chi connectivity index (χ4v) is 2.51. The molecule has 0 amide bonds. The van der Waals surface area contributed by atoms with Gasteiger partial charge in [-0.05, 0) is 50.1 Å². The summed E-state index contributed by atoms with van der Waals surface area (Å²) in [6.07, 6.45) is 5.06. The van der Waals surface area contributed by atoms with Crippen molar-refractivity contribution in [2.45, 2.75) is 32.7 Å². The van der Waals surface area contributed by atoms with Gasteiger partial charge in [0, 0.05) is 10.7 Å². The van der Waals surface area contributed by atoms with Gasteiger partial charge in [-0.15, -0.1) is 0 Å². The quantitative estimate of drug-likeness (QED) is 0.855. The first-order valence-corrected chi connectivity index (χ1v) is 7.85. The number of nitrogens with zero attached hydrogens (tertiary/aromatic N) is 2. The van der Waals surface area contributed by atoms with Crippen molar-refractivity contribution in [1.82, 2.24) is 15.3 Å². The molecule has 1 N–H and O–H groups in total. The van der Waals surface area contributed by atoms with Crippen molar-refractivity contribution in [3.63, 3.8) is 0 Å². The van der Waals surface area contributed by atoms with E-state index in [-0.39, 0.29) is 11.9 Å². The third kappa shape index (κ3) is 4.58. The van der Waals surface area contributed by atoms with Crippen LogP contribution in [0.5, 0.6) is 0 Å². The molecule has 0 spiro atoms. The lowest BCUT2D eigenvalue weighted by Crippen LogP contribution is -2.25. The fourth-order valence-electron chi connectivity index (χ4n) is 2.10. The number of hydrogen-bond donors (Lipinski definition) is 1. The number of nitrogens with one attached hydrogen (secondary N) is 1.